The summed E-state index contributed by atoms with van der Waals surface area (Å²) in [7, 11) is 3.53. The number of ether oxygens (including phenoxy) is 1. The number of nitrogens with one attached hydrogen (secondary N) is 1. The highest BCUT2D eigenvalue weighted by Crippen LogP contribution is 2.17. The van der Waals surface area contributed by atoms with Gasteiger partial charge in [0.05, 0.1) is 6.61 Å². The Morgan fingerprint density at radius 1 is 1.46 bits per heavy atom. The second-order valence-corrected chi connectivity index (χ2v) is 6.84. The number of hydrogen-bond donors (Lipinski definition) is 1. The number of rotatable bonds is 7. The minimum absolute atomic E-state index is 0.0519. The number of carbonyl (C=O) groups is 1. The van der Waals surface area contributed by atoms with Gasteiger partial charge >= 0.3 is 6.03 Å². The Labute approximate surface area is 149 Å². The molecule has 0 unspecified atom stereocenters. The summed E-state index contributed by atoms with van der Waals surface area (Å²) in [6, 6.07) is 7.57. The van der Waals surface area contributed by atoms with Gasteiger partial charge in [-0.05, 0) is 36.9 Å². The highest BCUT2D eigenvalue weighted by atomic mass is 35.5. The summed E-state index contributed by atoms with van der Waals surface area (Å²) in [5.74, 6) is 0.508. The van der Waals surface area contributed by atoms with Crippen LogP contribution in [-0.2, 0) is 11.3 Å². The molecule has 2 amide bonds. The van der Waals surface area contributed by atoms with Gasteiger partial charge in [0, 0.05) is 45.4 Å². The molecule has 6 heteroatoms. The molecule has 1 N–H and O–H groups in total. The lowest BCUT2D eigenvalue weighted by molar-refractivity contribution is 0.114. The number of halogens is 1. The molecule has 0 bridgehead atoms. The molecule has 1 atom stereocenters. The van der Waals surface area contributed by atoms with Crippen molar-refractivity contribution in [2.75, 3.05) is 46.9 Å². The number of urea groups is 1. The molecule has 2 rings (SSSR count). The highest BCUT2D eigenvalue weighted by molar-refractivity contribution is 6.31. The van der Waals surface area contributed by atoms with E-state index in [0.29, 0.717) is 17.5 Å². The summed E-state index contributed by atoms with van der Waals surface area (Å²) in [5.41, 5.74) is 0.959. The average molecular weight is 354 g/mol. The molecule has 0 radical (unpaired) electrons. The molecule has 1 heterocycles. The van der Waals surface area contributed by atoms with Gasteiger partial charge < -0.3 is 19.9 Å². The second-order valence-electron chi connectivity index (χ2n) is 6.44. The van der Waals surface area contributed by atoms with Crippen molar-refractivity contribution >= 4 is 17.6 Å². The Morgan fingerprint density at radius 2 is 2.25 bits per heavy atom. The van der Waals surface area contributed by atoms with Crippen molar-refractivity contribution in [2.45, 2.75) is 19.4 Å². The molecular weight excluding hydrogens is 326 g/mol. The number of benzene rings is 1. The van der Waals surface area contributed by atoms with E-state index in [0.717, 1.165) is 44.8 Å². The summed E-state index contributed by atoms with van der Waals surface area (Å²) in [6.45, 7) is 5.11. The van der Waals surface area contributed by atoms with Crippen LogP contribution in [0, 0.1) is 5.92 Å². The number of likely N-dealkylation sites (tertiary alicyclic amines) is 1. The van der Waals surface area contributed by atoms with Crippen LogP contribution in [0.2, 0.25) is 5.02 Å². The fraction of sp³-hybridized carbons (Fsp3) is 0.611. The Morgan fingerprint density at radius 3 is 3.00 bits per heavy atom. The SMILES string of the molecule is COCCN1CCC[C@H](CNC(=O)N(C)Cc2ccccc2Cl)C1. The zero-order valence-corrected chi connectivity index (χ0v) is 15.4. The summed E-state index contributed by atoms with van der Waals surface area (Å²) >= 11 is 6.16. The monoisotopic (exact) mass is 353 g/mol. The minimum atomic E-state index is -0.0519. The molecule has 1 aliphatic rings. The Hall–Kier alpha value is -1.30. The average Bonchev–Trinajstić information content (AvgIpc) is 2.60. The lowest BCUT2D eigenvalue weighted by atomic mass is 9.98. The van der Waals surface area contributed by atoms with Crippen molar-refractivity contribution in [1.82, 2.24) is 15.1 Å². The summed E-state index contributed by atoms with van der Waals surface area (Å²) in [4.78, 5) is 16.4. The van der Waals surface area contributed by atoms with Gasteiger partial charge in [-0.25, -0.2) is 4.79 Å². The normalized spacial score (nSPS) is 18.4. The predicted octanol–water partition coefficient (Wildman–Crippen LogP) is 2.84. The number of methoxy groups -OCH3 is 1. The topological polar surface area (TPSA) is 44.8 Å². The summed E-state index contributed by atoms with van der Waals surface area (Å²) in [5, 5.41) is 3.75. The maximum atomic E-state index is 12.3. The van der Waals surface area contributed by atoms with Gasteiger partial charge in [-0.2, -0.15) is 0 Å². The molecule has 0 aliphatic carbocycles. The van der Waals surface area contributed by atoms with Crippen LogP contribution in [0.15, 0.2) is 24.3 Å². The van der Waals surface area contributed by atoms with Crippen LogP contribution in [0.1, 0.15) is 18.4 Å². The van der Waals surface area contributed by atoms with E-state index in [2.05, 4.69) is 10.2 Å². The van der Waals surface area contributed by atoms with E-state index < -0.39 is 0 Å². The highest BCUT2D eigenvalue weighted by Gasteiger charge is 2.20. The molecular formula is C18H28ClN3O2. The molecule has 134 valence electrons. The van der Waals surface area contributed by atoms with Gasteiger partial charge in [-0.15, -0.1) is 0 Å². The number of piperidine rings is 1. The molecule has 0 spiro atoms. The molecule has 1 aromatic carbocycles. The van der Waals surface area contributed by atoms with Crippen LogP contribution in [0.5, 0.6) is 0 Å². The lowest BCUT2D eigenvalue weighted by Crippen LogP contribution is -2.44. The van der Waals surface area contributed by atoms with Crippen molar-refractivity contribution in [3.05, 3.63) is 34.9 Å². The molecule has 24 heavy (non-hydrogen) atoms. The maximum absolute atomic E-state index is 12.3. The quantitative estimate of drug-likeness (QED) is 0.819. The van der Waals surface area contributed by atoms with Crippen molar-refractivity contribution < 1.29 is 9.53 Å². The third kappa shape index (κ3) is 5.96. The molecule has 1 saturated heterocycles. The van der Waals surface area contributed by atoms with E-state index >= 15 is 0 Å². The first-order chi connectivity index (χ1) is 11.6. The van der Waals surface area contributed by atoms with Crippen LogP contribution in [-0.4, -0.2) is 62.8 Å². The number of amides is 2. The molecule has 5 nitrogen and oxygen atoms in total. The molecule has 0 saturated carbocycles. The second kappa shape index (κ2) is 9.87. The van der Waals surface area contributed by atoms with Crippen LogP contribution in [0.25, 0.3) is 0 Å². The number of hydrogen-bond acceptors (Lipinski definition) is 3. The standard InChI is InChI=1S/C18H28ClN3O2/c1-21(14-16-7-3-4-8-17(16)19)18(23)20-12-15-6-5-9-22(13-15)10-11-24-2/h3-4,7-8,15H,5-6,9-14H2,1-2H3,(H,20,23)/t15-/m1/s1. The van der Waals surface area contributed by atoms with Crippen LogP contribution in [0.3, 0.4) is 0 Å². The molecule has 1 fully saturated rings. The number of carbonyl (C=O) groups excluding carboxylic acids is 1. The maximum Gasteiger partial charge on any atom is 0.317 e. The van der Waals surface area contributed by atoms with Gasteiger partial charge in [0.2, 0.25) is 0 Å². The van der Waals surface area contributed by atoms with Crippen molar-refractivity contribution in [3.63, 3.8) is 0 Å². The van der Waals surface area contributed by atoms with E-state index in [4.69, 9.17) is 16.3 Å². The van der Waals surface area contributed by atoms with E-state index in [1.54, 1.807) is 19.1 Å². The predicted molar refractivity (Wildman–Crippen MR) is 97.4 cm³/mol. The largest absolute Gasteiger partial charge is 0.383 e. The zero-order valence-electron chi connectivity index (χ0n) is 14.6. The Kier molecular flexibility index (Phi) is 7.82. The van der Waals surface area contributed by atoms with Gasteiger partial charge in [0.15, 0.2) is 0 Å². The first-order valence-electron chi connectivity index (χ1n) is 8.53. The van der Waals surface area contributed by atoms with Gasteiger partial charge in [0.1, 0.15) is 0 Å². The Bertz CT molecular complexity index is 527. The molecule has 1 aromatic rings. The first kappa shape index (κ1) is 19.0. The van der Waals surface area contributed by atoms with Crippen molar-refractivity contribution in [1.29, 1.82) is 0 Å². The van der Waals surface area contributed by atoms with Gasteiger partial charge in [-0.3, -0.25) is 0 Å². The smallest absolute Gasteiger partial charge is 0.317 e. The summed E-state index contributed by atoms with van der Waals surface area (Å²) < 4.78 is 5.15. The van der Waals surface area contributed by atoms with E-state index in [1.165, 1.54) is 6.42 Å². The van der Waals surface area contributed by atoms with Gasteiger partial charge in [0.25, 0.3) is 0 Å². The van der Waals surface area contributed by atoms with E-state index in [1.807, 2.05) is 24.3 Å². The van der Waals surface area contributed by atoms with Crippen LogP contribution in [0.4, 0.5) is 4.79 Å². The van der Waals surface area contributed by atoms with Gasteiger partial charge in [-0.1, -0.05) is 29.8 Å². The third-order valence-corrected chi connectivity index (χ3v) is 4.84. The minimum Gasteiger partial charge on any atom is -0.383 e. The van der Waals surface area contributed by atoms with E-state index in [-0.39, 0.29) is 6.03 Å². The zero-order chi connectivity index (χ0) is 17.4. The Balaban J connectivity index is 1.74. The van der Waals surface area contributed by atoms with E-state index in [9.17, 15) is 4.79 Å². The lowest BCUT2D eigenvalue weighted by Gasteiger charge is -2.33. The third-order valence-electron chi connectivity index (χ3n) is 4.47. The van der Waals surface area contributed by atoms with Crippen molar-refractivity contribution in [3.8, 4) is 0 Å². The molecule has 1 aliphatic heterocycles. The fourth-order valence-corrected chi connectivity index (χ4v) is 3.26. The van der Waals surface area contributed by atoms with Crippen LogP contribution < -0.4 is 5.32 Å². The number of nitrogens with zero attached hydrogens (tertiary/aromatic N) is 2. The summed E-state index contributed by atoms with van der Waals surface area (Å²) in [6.07, 6.45) is 2.34. The first-order valence-corrected chi connectivity index (χ1v) is 8.91. The fourth-order valence-electron chi connectivity index (χ4n) is 3.06. The molecule has 0 aromatic heterocycles. The van der Waals surface area contributed by atoms with Crippen LogP contribution >= 0.6 is 11.6 Å². The van der Waals surface area contributed by atoms with Crippen molar-refractivity contribution in [2.24, 2.45) is 5.92 Å².